The first kappa shape index (κ1) is 22.5. The minimum Gasteiger partial charge on any atom is -0.340 e. The lowest BCUT2D eigenvalue weighted by Crippen LogP contribution is -2.09. The lowest BCUT2D eigenvalue weighted by molar-refractivity contribution is -0.137. The van der Waals surface area contributed by atoms with Gasteiger partial charge in [0.2, 0.25) is 9.84 Å². The van der Waals surface area contributed by atoms with Crippen molar-refractivity contribution in [2.75, 3.05) is 11.3 Å². The largest absolute Gasteiger partial charge is 0.418 e. The van der Waals surface area contributed by atoms with Gasteiger partial charge in [-0.3, -0.25) is 4.98 Å². The molecule has 0 aliphatic carbocycles. The molecule has 0 aliphatic heterocycles. The minimum atomic E-state index is -4.60. The SMILES string of the molecule is Cc1nc(Nc2ccc(S(=O)(=O)CF)cc2)c2ccc(-c3ncccc3C(F)(F)F)nc2n1. The Hall–Kier alpha value is -3.67. The van der Waals surface area contributed by atoms with E-state index >= 15 is 0 Å². The van der Waals surface area contributed by atoms with Crippen molar-refractivity contribution in [2.24, 2.45) is 0 Å². The number of nitrogens with zero attached hydrogens (tertiary/aromatic N) is 4. The maximum Gasteiger partial charge on any atom is 0.418 e. The summed E-state index contributed by atoms with van der Waals surface area (Å²) >= 11 is 0. The lowest BCUT2D eigenvalue weighted by Gasteiger charge is -2.13. The van der Waals surface area contributed by atoms with Crippen LogP contribution in [0.4, 0.5) is 29.1 Å². The first-order valence-corrected chi connectivity index (χ1v) is 11.1. The molecule has 4 rings (SSSR count). The summed E-state index contributed by atoms with van der Waals surface area (Å²) < 4.78 is 76.1. The Balaban J connectivity index is 1.74. The maximum atomic E-state index is 13.4. The predicted molar refractivity (Wildman–Crippen MR) is 113 cm³/mol. The Kier molecular flexibility index (Phi) is 5.70. The molecule has 0 amide bonds. The Morgan fingerprint density at radius 1 is 0.970 bits per heavy atom. The molecule has 1 N–H and O–H groups in total. The molecule has 0 aliphatic rings. The molecular weight excluding hydrogens is 462 g/mol. The van der Waals surface area contributed by atoms with Crippen LogP contribution in [0, 0.1) is 6.92 Å². The molecule has 33 heavy (non-hydrogen) atoms. The highest BCUT2D eigenvalue weighted by molar-refractivity contribution is 7.91. The van der Waals surface area contributed by atoms with Gasteiger partial charge in [-0.05, 0) is 55.5 Å². The third kappa shape index (κ3) is 4.60. The number of pyridine rings is 2. The van der Waals surface area contributed by atoms with Crippen molar-refractivity contribution in [1.82, 2.24) is 19.9 Å². The monoisotopic (exact) mass is 477 g/mol. The van der Waals surface area contributed by atoms with E-state index in [-0.39, 0.29) is 21.9 Å². The van der Waals surface area contributed by atoms with Crippen LogP contribution in [0.1, 0.15) is 11.4 Å². The maximum absolute atomic E-state index is 13.4. The van der Waals surface area contributed by atoms with Crippen LogP contribution in [0.3, 0.4) is 0 Å². The van der Waals surface area contributed by atoms with Crippen LogP contribution < -0.4 is 5.32 Å². The van der Waals surface area contributed by atoms with E-state index in [1.165, 1.54) is 48.7 Å². The van der Waals surface area contributed by atoms with E-state index in [9.17, 15) is 26.0 Å². The van der Waals surface area contributed by atoms with E-state index in [2.05, 4.69) is 25.3 Å². The summed E-state index contributed by atoms with van der Waals surface area (Å²) in [5, 5.41) is 3.43. The van der Waals surface area contributed by atoms with Gasteiger partial charge in [0.15, 0.2) is 11.7 Å². The topological polar surface area (TPSA) is 97.7 Å². The number of alkyl halides is 4. The van der Waals surface area contributed by atoms with Gasteiger partial charge in [-0.15, -0.1) is 0 Å². The van der Waals surface area contributed by atoms with Crippen molar-refractivity contribution in [3.05, 3.63) is 66.1 Å². The van der Waals surface area contributed by atoms with Gasteiger partial charge in [0, 0.05) is 11.9 Å². The van der Waals surface area contributed by atoms with E-state index in [1.807, 2.05) is 0 Å². The number of hydrogen-bond donors (Lipinski definition) is 1. The average Bonchev–Trinajstić information content (AvgIpc) is 2.78. The zero-order chi connectivity index (χ0) is 23.8. The molecule has 0 atom stereocenters. The molecule has 0 bridgehead atoms. The summed E-state index contributed by atoms with van der Waals surface area (Å²) in [6.07, 6.45) is -3.35. The summed E-state index contributed by atoms with van der Waals surface area (Å²) in [4.78, 5) is 16.5. The number of nitrogens with one attached hydrogen (secondary N) is 1. The number of rotatable bonds is 5. The standard InChI is InChI=1S/C21H15F4N5O2S/c1-12-27-19(29-13-4-6-14(7-5-13)33(31,32)11-22)15-8-9-17(30-20(15)28-12)18-16(21(23,24)25)3-2-10-26-18/h2-10H,11H2,1H3,(H,27,28,29,30). The summed E-state index contributed by atoms with van der Waals surface area (Å²) in [6, 6.07) is 8.93. The molecule has 170 valence electrons. The van der Waals surface area contributed by atoms with Gasteiger partial charge in [-0.25, -0.2) is 27.8 Å². The first-order chi connectivity index (χ1) is 15.6. The van der Waals surface area contributed by atoms with E-state index in [0.717, 1.165) is 6.07 Å². The van der Waals surface area contributed by atoms with Crippen molar-refractivity contribution >= 4 is 32.4 Å². The summed E-state index contributed by atoms with van der Waals surface area (Å²) in [6.45, 7) is 1.60. The van der Waals surface area contributed by atoms with Gasteiger partial charge in [0.25, 0.3) is 0 Å². The number of fused-ring (bicyclic) bond motifs is 1. The fourth-order valence-corrected chi connectivity index (χ4v) is 3.81. The normalized spacial score (nSPS) is 12.2. The van der Waals surface area contributed by atoms with Gasteiger partial charge in [-0.2, -0.15) is 13.2 Å². The van der Waals surface area contributed by atoms with Crippen LogP contribution in [0.5, 0.6) is 0 Å². The van der Waals surface area contributed by atoms with Gasteiger partial charge in [0.1, 0.15) is 17.3 Å². The number of aromatic nitrogens is 4. The van der Waals surface area contributed by atoms with Crippen LogP contribution >= 0.6 is 0 Å². The molecule has 4 aromatic rings. The van der Waals surface area contributed by atoms with E-state index in [4.69, 9.17) is 0 Å². The van der Waals surface area contributed by atoms with Crippen molar-refractivity contribution < 1.29 is 26.0 Å². The number of anilines is 2. The Labute approximate surface area is 185 Å². The van der Waals surface area contributed by atoms with Crippen LogP contribution in [0.2, 0.25) is 0 Å². The number of sulfone groups is 1. The van der Waals surface area contributed by atoms with Crippen LogP contribution in [0.15, 0.2) is 59.6 Å². The molecule has 0 unspecified atom stereocenters. The molecule has 0 saturated carbocycles. The fourth-order valence-electron chi connectivity index (χ4n) is 3.13. The van der Waals surface area contributed by atoms with Crippen molar-refractivity contribution in [3.8, 4) is 11.4 Å². The number of hydrogen-bond acceptors (Lipinski definition) is 7. The van der Waals surface area contributed by atoms with Gasteiger partial charge < -0.3 is 5.32 Å². The van der Waals surface area contributed by atoms with E-state index < -0.39 is 27.6 Å². The summed E-state index contributed by atoms with van der Waals surface area (Å²) in [7, 11) is -3.99. The first-order valence-electron chi connectivity index (χ1n) is 9.42. The molecule has 0 saturated heterocycles. The quantitative estimate of drug-likeness (QED) is 0.410. The van der Waals surface area contributed by atoms with Crippen LogP contribution in [0.25, 0.3) is 22.4 Å². The van der Waals surface area contributed by atoms with E-state index in [1.54, 1.807) is 6.92 Å². The molecule has 7 nitrogen and oxygen atoms in total. The number of halogens is 4. The van der Waals surface area contributed by atoms with Crippen molar-refractivity contribution in [3.63, 3.8) is 0 Å². The van der Waals surface area contributed by atoms with Gasteiger partial charge in [-0.1, -0.05) is 0 Å². The Morgan fingerprint density at radius 2 is 1.70 bits per heavy atom. The molecular formula is C21H15F4N5O2S. The third-order valence-electron chi connectivity index (χ3n) is 4.65. The number of benzene rings is 1. The molecule has 3 heterocycles. The van der Waals surface area contributed by atoms with Crippen LogP contribution in [-0.2, 0) is 16.0 Å². The zero-order valence-corrected chi connectivity index (χ0v) is 17.7. The molecule has 0 radical (unpaired) electrons. The van der Waals surface area contributed by atoms with Crippen molar-refractivity contribution in [2.45, 2.75) is 18.0 Å². The lowest BCUT2D eigenvalue weighted by atomic mass is 10.1. The van der Waals surface area contributed by atoms with E-state index in [0.29, 0.717) is 22.7 Å². The number of aryl methyl sites for hydroxylation is 1. The molecule has 3 aromatic heterocycles. The molecule has 1 aromatic carbocycles. The highest BCUT2D eigenvalue weighted by atomic mass is 32.2. The van der Waals surface area contributed by atoms with Crippen molar-refractivity contribution in [1.29, 1.82) is 0 Å². The van der Waals surface area contributed by atoms with Crippen LogP contribution in [-0.4, -0.2) is 34.4 Å². The zero-order valence-electron chi connectivity index (χ0n) is 16.9. The van der Waals surface area contributed by atoms with Gasteiger partial charge in [0.05, 0.1) is 21.5 Å². The predicted octanol–water partition coefficient (Wildman–Crippen LogP) is 4.86. The summed E-state index contributed by atoms with van der Waals surface area (Å²) in [5.41, 5.74) is -0.620. The second kappa shape index (κ2) is 8.35. The Morgan fingerprint density at radius 3 is 2.36 bits per heavy atom. The second-order valence-corrected chi connectivity index (χ2v) is 8.88. The summed E-state index contributed by atoms with van der Waals surface area (Å²) in [5.74, 6) is 0.623. The Bertz CT molecular complexity index is 1440. The highest BCUT2D eigenvalue weighted by Gasteiger charge is 2.34. The second-order valence-electron chi connectivity index (χ2n) is 6.96. The third-order valence-corrected chi connectivity index (χ3v) is 5.92. The van der Waals surface area contributed by atoms with Gasteiger partial charge >= 0.3 is 6.18 Å². The minimum absolute atomic E-state index is 0.000238. The molecule has 12 heteroatoms. The fraction of sp³-hybridized carbons (Fsp3) is 0.143. The smallest absolute Gasteiger partial charge is 0.340 e. The molecule has 0 spiro atoms. The molecule has 0 fully saturated rings. The highest BCUT2D eigenvalue weighted by Crippen LogP contribution is 2.36. The average molecular weight is 477 g/mol.